The van der Waals surface area contributed by atoms with Gasteiger partial charge in [0.2, 0.25) is 15.9 Å². The summed E-state index contributed by atoms with van der Waals surface area (Å²) in [5.74, 6) is -1.60. The number of hydrogen-bond donors (Lipinski definition) is 1. The van der Waals surface area contributed by atoms with Gasteiger partial charge in [-0.15, -0.1) is 0 Å². The van der Waals surface area contributed by atoms with E-state index in [2.05, 4.69) is 0 Å². The van der Waals surface area contributed by atoms with Crippen molar-refractivity contribution in [3.8, 4) is 0 Å². The quantitative estimate of drug-likeness (QED) is 0.922. The number of rotatable bonds is 3. The van der Waals surface area contributed by atoms with Crippen LogP contribution in [0.4, 0.5) is 4.39 Å². The van der Waals surface area contributed by atoms with E-state index in [1.807, 2.05) is 12.1 Å². The predicted molar refractivity (Wildman–Crippen MR) is 82.3 cm³/mol. The van der Waals surface area contributed by atoms with Crippen LogP contribution in [0, 0.1) is 5.82 Å². The number of benzene rings is 2. The molecule has 1 heterocycles. The maximum Gasteiger partial charge on any atom is 0.247 e. The van der Waals surface area contributed by atoms with Crippen LogP contribution >= 0.6 is 0 Å². The van der Waals surface area contributed by atoms with Crippen molar-refractivity contribution >= 4 is 15.9 Å². The number of sulfonamides is 1. The van der Waals surface area contributed by atoms with Gasteiger partial charge >= 0.3 is 0 Å². The molecule has 7 heteroatoms. The Hall–Kier alpha value is -2.25. The Morgan fingerprint density at radius 1 is 1.09 bits per heavy atom. The number of fused-ring (bicyclic) bond motifs is 1. The van der Waals surface area contributed by atoms with Gasteiger partial charge in [0.25, 0.3) is 0 Å². The molecule has 0 saturated carbocycles. The van der Waals surface area contributed by atoms with Gasteiger partial charge in [-0.05, 0) is 29.7 Å². The average Bonchev–Trinajstić information content (AvgIpc) is 2.53. The highest BCUT2D eigenvalue weighted by Crippen LogP contribution is 2.29. The Morgan fingerprint density at radius 2 is 1.70 bits per heavy atom. The first-order valence-electron chi connectivity index (χ1n) is 7.03. The van der Waals surface area contributed by atoms with E-state index in [4.69, 9.17) is 5.73 Å². The first-order chi connectivity index (χ1) is 10.9. The number of hydrogen-bond acceptors (Lipinski definition) is 3. The molecular weight excluding hydrogens is 319 g/mol. The smallest absolute Gasteiger partial charge is 0.247 e. The van der Waals surface area contributed by atoms with Crippen LogP contribution < -0.4 is 5.73 Å². The third-order valence-electron chi connectivity index (χ3n) is 3.96. The van der Waals surface area contributed by atoms with Crippen LogP contribution in [0.1, 0.15) is 11.1 Å². The third kappa shape index (κ3) is 2.73. The van der Waals surface area contributed by atoms with Crippen LogP contribution in [0.15, 0.2) is 53.4 Å². The van der Waals surface area contributed by atoms with E-state index in [0.717, 1.165) is 21.5 Å². The molecule has 1 aliphatic heterocycles. The first kappa shape index (κ1) is 15.6. The second-order valence-corrected chi connectivity index (χ2v) is 7.23. The Labute approximate surface area is 133 Å². The zero-order valence-electron chi connectivity index (χ0n) is 12.1. The van der Waals surface area contributed by atoms with E-state index in [0.29, 0.717) is 0 Å². The van der Waals surface area contributed by atoms with Crippen LogP contribution in [0.3, 0.4) is 0 Å². The molecule has 0 fully saturated rings. The molecule has 0 saturated heterocycles. The molecule has 2 aromatic carbocycles. The van der Waals surface area contributed by atoms with E-state index in [9.17, 15) is 17.6 Å². The molecule has 0 spiro atoms. The fraction of sp³-hybridized carbons (Fsp3) is 0.188. The lowest BCUT2D eigenvalue weighted by molar-refractivity contribution is -0.122. The van der Waals surface area contributed by atoms with Gasteiger partial charge in [-0.25, -0.2) is 12.8 Å². The minimum Gasteiger partial charge on any atom is -0.368 e. The van der Waals surface area contributed by atoms with Crippen molar-refractivity contribution in [1.82, 2.24) is 4.31 Å². The predicted octanol–water partition coefficient (Wildman–Crippen LogP) is 1.43. The Balaban J connectivity index is 2.10. The second kappa shape index (κ2) is 5.75. The molecule has 120 valence electrons. The number of nitrogens with zero attached hydrogens (tertiary/aromatic N) is 1. The van der Waals surface area contributed by atoms with Crippen molar-refractivity contribution < 1.29 is 17.6 Å². The summed E-state index contributed by atoms with van der Waals surface area (Å²) in [6.45, 7) is -0.0134. The molecule has 1 amide bonds. The standard InChI is InChI=1S/C16H15FN2O3S/c17-13-7-3-4-8-15(13)23(21,22)19-10-12-6-2-1-5-11(12)9-14(19)16(18)20/h1-8,14H,9-10H2,(H2,18,20)/t14-/m1/s1. The van der Waals surface area contributed by atoms with Crippen LogP contribution in [0.25, 0.3) is 0 Å². The topological polar surface area (TPSA) is 80.5 Å². The summed E-state index contributed by atoms with van der Waals surface area (Å²) in [4.78, 5) is 11.3. The highest BCUT2D eigenvalue weighted by molar-refractivity contribution is 7.89. The fourth-order valence-electron chi connectivity index (χ4n) is 2.77. The summed E-state index contributed by atoms with van der Waals surface area (Å²) in [7, 11) is -4.17. The molecule has 2 aromatic rings. The maximum absolute atomic E-state index is 13.9. The molecule has 2 N–H and O–H groups in total. The Morgan fingerprint density at radius 3 is 2.35 bits per heavy atom. The van der Waals surface area contributed by atoms with Crippen LogP contribution in [0.5, 0.6) is 0 Å². The van der Waals surface area contributed by atoms with Gasteiger partial charge < -0.3 is 5.73 Å². The first-order valence-corrected chi connectivity index (χ1v) is 8.48. The van der Waals surface area contributed by atoms with Crippen molar-refractivity contribution in [1.29, 1.82) is 0 Å². The third-order valence-corrected chi connectivity index (χ3v) is 5.85. The molecule has 0 aliphatic carbocycles. The summed E-state index contributed by atoms with van der Waals surface area (Å²) in [5, 5.41) is 0. The van der Waals surface area contributed by atoms with Crippen molar-refractivity contribution in [2.24, 2.45) is 5.73 Å². The van der Waals surface area contributed by atoms with E-state index >= 15 is 0 Å². The molecule has 0 unspecified atom stereocenters. The lowest BCUT2D eigenvalue weighted by Gasteiger charge is -2.34. The monoisotopic (exact) mass is 334 g/mol. The normalized spacial score (nSPS) is 18.4. The lowest BCUT2D eigenvalue weighted by Crippen LogP contribution is -2.51. The number of primary amides is 1. The SMILES string of the molecule is NC(=O)[C@H]1Cc2ccccc2CN1S(=O)(=O)c1ccccc1F. The Bertz CT molecular complexity index is 867. The van der Waals surface area contributed by atoms with Crippen molar-refractivity contribution in [3.05, 3.63) is 65.5 Å². The molecule has 5 nitrogen and oxygen atoms in total. The van der Waals surface area contributed by atoms with Crippen molar-refractivity contribution in [3.63, 3.8) is 0 Å². The summed E-state index contributed by atoms with van der Waals surface area (Å²) in [6.07, 6.45) is 0.180. The number of nitrogens with two attached hydrogens (primary N) is 1. The molecule has 3 rings (SSSR count). The molecule has 1 aliphatic rings. The molecule has 23 heavy (non-hydrogen) atoms. The number of carbonyl (C=O) groups is 1. The minimum absolute atomic E-state index is 0.0134. The molecule has 0 bridgehead atoms. The van der Waals surface area contributed by atoms with Crippen LogP contribution in [0.2, 0.25) is 0 Å². The van der Waals surface area contributed by atoms with E-state index in [1.165, 1.54) is 18.2 Å². The molecule has 0 aromatic heterocycles. The van der Waals surface area contributed by atoms with E-state index in [-0.39, 0.29) is 13.0 Å². The summed E-state index contributed by atoms with van der Waals surface area (Å²) in [6, 6.07) is 11.3. The van der Waals surface area contributed by atoms with Gasteiger partial charge in [-0.3, -0.25) is 4.79 Å². The minimum atomic E-state index is -4.17. The molecule has 0 radical (unpaired) electrons. The van der Waals surface area contributed by atoms with E-state index < -0.39 is 32.7 Å². The lowest BCUT2D eigenvalue weighted by atomic mass is 9.96. The zero-order chi connectivity index (χ0) is 16.6. The summed E-state index contributed by atoms with van der Waals surface area (Å²) in [5.41, 5.74) is 7.04. The maximum atomic E-state index is 13.9. The zero-order valence-corrected chi connectivity index (χ0v) is 13.0. The molecular formula is C16H15FN2O3S. The van der Waals surface area contributed by atoms with E-state index in [1.54, 1.807) is 12.1 Å². The van der Waals surface area contributed by atoms with Gasteiger partial charge in [0, 0.05) is 6.54 Å². The van der Waals surface area contributed by atoms with Gasteiger partial charge in [0.05, 0.1) is 0 Å². The fourth-order valence-corrected chi connectivity index (χ4v) is 4.41. The number of carbonyl (C=O) groups excluding carboxylic acids is 1. The largest absolute Gasteiger partial charge is 0.368 e. The van der Waals surface area contributed by atoms with Gasteiger partial charge in [0.1, 0.15) is 16.8 Å². The van der Waals surface area contributed by atoms with Gasteiger partial charge in [-0.1, -0.05) is 36.4 Å². The number of amides is 1. The summed E-state index contributed by atoms with van der Waals surface area (Å²) < 4.78 is 40.5. The van der Waals surface area contributed by atoms with Gasteiger partial charge in [0.15, 0.2) is 0 Å². The van der Waals surface area contributed by atoms with Gasteiger partial charge in [-0.2, -0.15) is 4.31 Å². The Kier molecular flexibility index (Phi) is 3.91. The second-order valence-electron chi connectivity index (χ2n) is 5.37. The summed E-state index contributed by atoms with van der Waals surface area (Å²) >= 11 is 0. The highest BCUT2D eigenvalue weighted by atomic mass is 32.2. The van der Waals surface area contributed by atoms with Crippen LogP contribution in [-0.4, -0.2) is 24.7 Å². The average molecular weight is 334 g/mol. The van der Waals surface area contributed by atoms with Crippen molar-refractivity contribution in [2.45, 2.75) is 23.9 Å². The molecule has 1 atom stereocenters. The highest BCUT2D eigenvalue weighted by Gasteiger charge is 2.39. The van der Waals surface area contributed by atoms with Crippen LogP contribution in [-0.2, 0) is 27.8 Å². The number of halogens is 1. The van der Waals surface area contributed by atoms with Crippen molar-refractivity contribution in [2.75, 3.05) is 0 Å².